The van der Waals surface area contributed by atoms with Crippen LogP contribution in [0.4, 0.5) is 17.8 Å². The summed E-state index contributed by atoms with van der Waals surface area (Å²) in [4.78, 5) is 20.7. The van der Waals surface area contributed by atoms with Crippen molar-refractivity contribution in [3.63, 3.8) is 0 Å². The number of aromatic nitrogens is 3. The van der Waals surface area contributed by atoms with Gasteiger partial charge in [0.2, 0.25) is 17.8 Å². The summed E-state index contributed by atoms with van der Waals surface area (Å²) in [7, 11) is 0. The van der Waals surface area contributed by atoms with Gasteiger partial charge in [-0.05, 0) is 31.6 Å². The Morgan fingerprint density at radius 3 is 1.40 bits per heavy atom. The van der Waals surface area contributed by atoms with Crippen LogP contribution in [0.3, 0.4) is 0 Å². The summed E-state index contributed by atoms with van der Waals surface area (Å²) in [6.45, 7) is 4.53. The van der Waals surface area contributed by atoms with E-state index in [4.69, 9.17) is 37.9 Å². The second kappa shape index (κ2) is 9.15. The fourth-order valence-electron chi connectivity index (χ4n) is 4.77. The molecule has 4 heterocycles. The lowest BCUT2D eigenvalue weighted by Gasteiger charge is -2.38. The lowest BCUT2D eigenvalue weighted by Crippen LogP contribution is -2.54. The highest BCUT2D eigenvalue weighted by atomic mass is 16.3. The van der Waals surface area contributed by atoms with E-state index >= 15 is 0 Å². The molecule has 4 unspecified atom stereocenters. The maximum atomic E-state index is 9.46. The van der Waals surface area contributed by atoms with Crippen molar-refractivity contribution in [2.24, 2.45) is 28.9 Å². The minimum absolute atomic E-state index is 0.00505. The summed E-state index contributed by atoms with van der Waals surface area (Å²) >= 11 is 0. The number of hydrogen-bond donors (Lipinski definition) is 5. The highest BCUT2D eigenvalue weighted by molar-refractivity contribution is 5.48. The Balaban J connectivity index is 1.63. The third kappa shape index (κ3) is 4.92. The predicted octanol–water partition coefficient (Wildman–Crippen LogP) is -2.19. The average molecular weight is 421 g/mol. The molecule has 0 saturated carbocycles. The molecular formula is C19H36N10O. The molecule has 3 saturated heterocycles. The van der Waals surface area contributed by atoms with Crippen molar-refractivity contribution in [1.29, 1.82) is 0 Å². The molecule has 0 aliphatic carbocycles. The van der Waals surface area contributed by atoms with Gasteiger partial charge >= 0.3 is 0 Å². The van der Waals surface area contributed by atoms with Crippen molar-refractivity contribution in [1.82, 2.24) is 15.0 Å². The van der Waals surface area contributed by atoms with Gasteiger partial charge in [-0.25, -0.2) is 0 Å². The van der Waals surface area contributed by atoms with Crippen LogP contribution in [0.2, 0.25) is 0 Å². The molecule has 9 N–H and O–H groups in total. The van der Waals surface area contributed by atoms with Crippen molar-refractivity contribution in [2.75, 3.05) is 60.6 Å². The molecule has 3 fully saturated rings. The second-order valence-electron chi connectivity index (χ2n) is 9.17. The molecule has 30 heavy (non-hydrogen) atoms. The Labute approximate surface area is 177 Å². The number of aliphatic hydroxyl groups is 1. The van der Waals surface area contributed by atoms with Crippen molar-refractivity contribution in [2.45, 2.75) is 49.9 Å². The summed E-state index contributed by atoms with van der Waals surface area (Å²) in [5.74, 6) is 2.22. The zero-order valence-electron chi connectivity index (χ0n) is 17.6. The highest BCUT2D eigenvalue weighted by Crippen LogP contribution is 2.26. The number of aliphatic hydroxyl groups excluding tert-OH is 1. The number of nitrogens with zero attached hydrogens (tertiary/aromatic N) is 6. The molecule has 11 nitrogen and oxygen atoms in total. The Kier molecular flexibility index (Phi) is 6.54. The smallest absolute Gasteiger partial charge is 0.232 e. The molecule has 0 aromatic carbocycles. The second-order valence-corrected chi connectivity index (χ2v) is 9.17. The molecule has 3 aliphatic rings. The van der Waals surface area contributed by atoms with E-state index in [1.165, 1.54) is 0 Å². The Hall–Kier alpha value is -1.79. The summed E-state index contributed by atoms with van der Waals surface area (Å²) in [6, 6.07) is -0.0202. The molecule has 3 aliphatic heterocycles. The third-order valence-corrected chi connectivity index (χ3v) is 6.35. The number of anilines is 3. The Morgan fingerprint density at radius 2 is 1.03 bits per heavy atom. The van der Waals surface area contributed by atoms with Gasteiger partial charge in [0.15, 0.2) is 0 Å². The van der Waals surface area contributed by atoms with Crippen molar-refractivity contribution < 1.29 is 5.11 Å². The maximum absolute atomic E-state index is 9.46. The zero-order valence-corrected chi connectivity index (χ0v) is 17.6. The minimum atomic E-state index is -0.00505. The van der Waals surface area contributed by atoms with Crippen LogP contribution >= 0.6 is 0 Å². The minimum Gasteiger partial charge on any atom is -0.396 e. The first-order chi connectivity index (χ1) is 14.4. The van der Waals surface area contributed by atoms with E-state index in [0.717, 1.165) is 38.8 Å². The van der Waals surface area contributed by atoms with Crippen molar-refractivity contribution in [3.05, 3.63) is 0 Å². The van der Waals surface area contributed by atoms with Crippen LogP contribution < -0.4 is 37.6 Å². The first kappa shape index (κ1) is 21.4. The van der Waals surface area contributed by atoms with Crippen LogP contribution in [0.25, 0.3) is 0 Å². The van der Waals surface area contributed by atoms with E-state index in [2.05, 4.69) is 14.7 Å². The summed E-state index contributed by atoms with van der Waals surface area (Å²) in [6.07, 6.45) is 3.44. The predicted molar refractivity (Wildman–Crippen MR) is 117 cm³/mol. The standard InChI is InChI=1S/C19H36N10O/c20-13-5-14(21)8-28(7-13)18-24-17(27-3-1-12(11-30)2-4-27)25-19(26-18)29-9-15(22)6-16(23)10-29/h12-16,30H,1-11,20-23H2. The van der Waals surface area contributed by atoms with Crippen LogP contribution in [0.15, 0.2) is 0 Å². The number of piperidine rings is 3. The van der Waals surface area contributed by atoms with Gasteiger partial charge in [0.1, 0.15) is 0 Å². The van der Waals surface area contributed by atoms with Gasteiger partial charge in [0.25, 0.3) is 0 Å². The van der Waals surface area contributed by atoms with Gasteiger partial charge in [-0.15, -0.1) is 0 Å². The molecule has 1 aromatic heterocycles. The quantitative estimate of drug-likeness (QED) is 0.358. The van der Waals surface area contributed by atoms with Gasteiger partial charge in [-0.3, -0.25) is 0 Å². The largest absolute Gasteiger partial charge is 0.396 e. The van der Waals surface area contributed by atoms with Gasteiger partial charge in [0.05, 0.1) is 0 Å². The van der Waals surface area contributed by atoms with E-state index in [1.54, 1.807) is 0 Å². The molecule has 4 atom stereocenters. The monoisotopic (exact) mass is 420 g/mol. The highest BCUT2D eigenvalue weighted by Gasteiger charge is 2.30. The van der Waals surface area contributed by atoms with E-state index in [0.29, 0.717) is 49.9 Å². The lowest BCUT2D eigenvalue weighted by molar-refractivity contribution is 0.202. The molecule has 0 radical (unpaired) electrons. The number of hydrogen-bond acceptors (Lipinski definition) is 11. The van der Waals surface area contributed by atoms with E-state index < -0.39 is 0 Å². The average Bonchev–Trinajstić information content (AvgIpc) is 2.72. The van der Waals surface area contributed by atoms with Crippen LogP contribution in [0, 0.1) is 5.92 Å². The summed E-state index contributed by atoms with van der Waals surface area (Å²) in [5.41, 5.74) is 24.8. The Bertz CT molecular complexity index is 648. The maximum Gasteiger partial charge on any atom is 0.232 e. The molecule has 11 heteroatoms. The topological polar surface area (TPSA) is 173 Å². The number of rotatable bonds is 4. The molecule has 168 valence electrons. The SMILES string of the molecule is NC1CC(N)CN(c2nc(N3CCC(CO)CC3)nc(N3CC(N)CC(N)C3)n2)C1. The van der Waals surface area contributed by atoms with Gasteiger partial charge < -0.3 is 42.7 Å². The number of nitrogens with two attached hydrogens (primary N) is 4. The van der Waals surface area contributed by atoms with Gasteiger partial charge in [0, 0.05) is 70.0 Å². The molecule has 0 amide bonds. The van der Waals surface area contributed by atoms with Crippen molar-refractivity contribution >= 4 is 17.8 Å². The molecular weight excluding hydrogens is 384 g/mol. The molecule has 0 bridgehead atoms. The molecule has 4 rings (SSSR count). The van der Waals surface area contributed by atoms with Crippen LogP contribution in [-0.4, -0.2) is 90.1 Å². The first-order valence-corrected chi connectivity index (χ1v) is 11.1. The van der Waals surface area contributed by atoms with Crippen LogP contribution in [-0.2, 0) is 0 Å². The molecule has 1 aromatic rings. The van der Waals surface area contributed by atoms with Gasteiger partial charge in [-0.1, -0.05) is 0 Å². The summed E-state index contributed by atoms with van der Waals surface area (Å²) in [5, 5.41) is 9.46. The summed E-state index contributed by atoms with van der Waals surface area (Å²) < 4.78 is 0. The first-order valence-electron chi connectivity index (χ1n) is 11.1. The fourth-order valence-corrected chi connectivity index (χ4v) is 4.77. The van der Waals surface area contributed by atoms with Crippen LogP contribution in [0.5, 0.6) is 0 Å². The lowest BCUT2D eigenvalue weighted by atomic mass is 9.98. The van der Waals surface area contributed by atoms with E-state index in [9.17, 15) is 5.11 Å². The van der Waals surface area contributed by atoms with Gasteiger partial charge in [-0.2, -0.15) is 15.0 Å². The molecule has 0 spiro atoms. The fraction of sp³-hybridized carbons (Fsp3) is 0.842. The van der Waals surface area contributed by atoms with Crippen molar-refractivity contribution in [3.8, 4) is 0 Å². The van der Waals surface area contributed by atoms with E-state index in [1.807, 2.05) is 0 Å². The Morgan fingerprint density at radius 1 is 0.667 bits per heavy atom. The third-order valence-electron chi connectivity index (χ3n) is 6.35. The normalized spacial score (nSPS) is 31.3. The van der Waals surface area contributed by atoms with Crippen LogP contribution in [0.1, 0.15) is 25.7 Å². The van der Waals surface area contributed by atoms with E-state index in [-0.39, 0.29) is 30.8 Å². The zero-order chi connectivity index (χ0) is 21.3.